The van der Waals surface area contributed by atoms with E-state index < -0.39 is 0 Å². The van der Waals surface area contributed by atoms with Crippen LogP contribution >= 0.6 is 0 Å². The highest BCUT2D eigenvalue weighted by atomic mass is 16.5. The highest BCUT2D eigenvalue weighted by Gasteiger charge is 2.04. The van der Waals surface area contributed by atoms with Crippen LogP contribution < -0.4 is 20.7 Å². The van der Waals surface area contributed by atoms with Crippen molar-refractivity contribution < 1.29 is 14.3 Å². The van der Waals surface area contributed by atoms with Gasteiger partial charge in [-0.2, -0.15) is 0 Å². The van der Waals surface area contributed by atoms with E-state index in [-0.39, 0.29) is 11.9 Å². The van der Waals surface area contributed by atoms with Gasteiger partial charge in [-0.1, -0.05) is 30.3 Å². The zero-order valence-electron chi connectivity index (χ0n) is 16.0. The monoisotopic (exact) mass is 390 g/mol. The van der Waals surface area contributed by atoms with Crippen molar-refractivity contribution in [1.82, 2.24) is 10.3 Å². The van der Waals surface area contributed by atoms with Crippen LogP contribution in [0.5, 0.6) is 5.88 Å². The van der Waals surface area contributed by atoms with Gasteiger partial charge in [0.25, 0.3) is 0 Å². The smallest absolute Gasteiger partial charge is 0.319 e. The first-order valence-electron chi connectivity index (χ1n) is 9.12. The SMILES string of the molecule is CC(=O)Nc1ccc(NC(=O)NCc2ccnc(OCc3ccccc3)c2)cc1. The van der Waals surface area contributed by atoms with Crippen molar-refractivity contribution in [3.05, 3.63) is 84.1 Å². The van der Waals surface area contributed by atoms with Gasteiger partial charge in [0.2, 0.25) is 11.8 Å². The summed E-state index contributed by atoms with van der Waals surface area (Å²) < 4.78 is 5.70. The third-order valence-electron chi connectivity index (χ3n) is 3.95. The van der Waals surface area contributed by atoms with Gasteiger partial charge in [0.15, 0.2) is 0 Å². The van der Waals surface area contributed by atoms with Crippen molar-refractivity contribution in [1.29, 1.82) is 0 Å². The Bertz CT molecular complexity index is 959. The molecule has 0 bridgehead atoms. The lowest BCUT2D eigenvalue weighted by atomic mass is 10.2. The average molecular weight is 390 g/mol. The zero-order valence-corrected chi connectivity index (χ0v) is 16.0. The number of hydrogen-bond donors (Lipinski definition) is 3. The first-order chi connectivity index (χ1) is 14.1. The summed E-state index contributed by atoms with van der Waals surface area (Å²) in [5, 5.41) is 8.21. The van der Waals surface area contributed by atoms with E-state index in [9.17, 15) is 9.59 Å². The lowest BCUT2D eigenvalue weighted by molar-refractivity contribution is -0.114. The molecule has 3 N–H and O–H groups in total. The van der Waals surface area contributed by atoms with Crippen LogP contribution in [0.15, 0.2) is 72.9 Å². The molecule has 0 saturated heterocycles. The molecule has 0 fully saturated rings. The van der Waals surface area contributed by atoms with Gasteiger partial charge >= 0.3 is 6.03 Å². The first-order valence-corrected chi connectivity index (χ1v) is 9.12. The topological polar surface area (TPSA) is 92.4 Å². The van der Waals surface area contributed by atoms with Crippen molar-refractivity contribution in [2.75, 3.05) is 10.6 Å². The number of anilines is 2. The molecule has 29 heavy (non-hydrogen) atoms. The number of carbonyl (C=O) groups excluding carboxylic acids is 2. The fraction of sp³-hybridized carbons (Fsp3) is 0.136. The molecule has 0 saturated carbocycles. The van der Waals surface area contributed by atoms with Gasteiger partial charge in [0, 0.05) is 37.1 Å². The van der Waals surface area contributed by atoms with E-state index >= 15 is 0 Å². The number of urea groups is 1. The Morgan fingerprint density at radius 1 is 0.897 bits per heavy atom. The molecule has 3 amide bonds. The van der Waals surface area contributed by atoms with Crippen molar-refractivity contribution in [2.45, 2.75) is 20.1 Å². The van der Waals surface area contributed by atoms with Crippen molar-refractivity contribution >= 4 is 23.3 Å². The lowest BCUT2D eigenvalue weighted by Crippen LogP contribution is -2.28. The second-order valence-corrected chi connectivity index (χ2v) is 6.34. The number of aromatic nitrogens is 1. The number of nitrogens with one attached hydrogen (secondary N) is 3. The number of ether oxygens (including phenoxy) is 1. The molecule has 0 unspecified atom stereocenters. The van der Waals surface area contributed by atoms with Gasteiger partial charge < -0.3 is 20.7 Å². The Labute approximate surface area is 169 Å². The largest absolute Gasteiger partial charge is 0.473 e. The molecule has 0 aliphatic heterocycles. The van der Waals surface area contributed by atoms with E-state index in [0.717, 1.165) is 11.1 Å². The number of pyridine rings is 1. The summed E-state index contributed by atoms with van der Waals surface area (Å²) in [7, 11) is 0. The highest BCUT2D eigenvalue weighted by molar-refractivity contribution is 5.91. The first kappa shape index (κ1) is 19.9. The molecule has 0 spiro atoms. The van der Waals surface area contributed by atoms with Crippen LogP contribution in [0.2, 0.25) is 0 Å². The molecule has 148 valence electrons. The maximum absolute atomic E-state index is 12.1. The summed E-state index contributed by atoms with van der Waals surface area (Å²) in [4.78, 5) is 27.3. The average Bonchev–Trinajstić information content (AvgIpc) is 2.73. The zero-order chi connectivity index (χ0) is 20.5. The molecule has 3 rings (SSSR count). The Morgan fingerprint density at radius 2 is 1.59 bits per heavy atom. The van der Waals surface area contributed by atoms with Gasteiger partial charge in [-0.3, -0.25) is 4.79 Å². The van der Waals surface area contributed by atoms with Crippen molar-refractivity contribution in [3.63, 3.8) is 0 Å². The molecule has 7 nitrogen and oxygen atoms in total. The Morgan fingerprint density at radius 3 is 2.28 bits per heavy atom. The summed E-state index contributed by atoms with van der Waals surface area (Å²) in [6.07, 6.45) is 1.65. The molecule has 0 aliphatic rings. The van der Waals surface area contributed by atoms with Crippen LogP contribution in [0.25, 0.3) is 0 Å². The van der Waals surface area contributed by atoms with E-state index in [1.807, 2.05) is 36.4 Å². The molecule has 3 aromatic rings. The number of benzene rings is 2. The number of rotatable bonds is 7. The van der Waals surface area contributed by atoms with Crippen molar-refractivity contribution in [3.8, 4) is 5.88 Å². The third kappa shape index (κ3) is 6.66. The minimum Gasteiger partial charge on any atom is -0.473 e. The molecule has 7 heteroatoms. The fourth-order valence-corrected chi connectivity index (χ4v) is 2.57. The van der Waals surface area contributed by atoms with Gasteiger partial charge in [0.05, 0.1) is 0 Å². The Kier molecular flexibility index (Phi) is 6.78. The lowest BCUT2D eigenvalue weighted by Gasteiger charge is -2.10. The fourth-order valence-electron chi connectivity index (χ4n) is 2.57. The number of amides is 3. The number of hydrogen-bond acceptors (Lipinski definition) is 4. The summed E-state index contributed by atoms with van der Waals surface area (Å²) >= 11 is 0. The quantitative estimate of drug-likeness (QED) is 0.570. The molecule has 0 radical (unpaired) electrons. The minimum atomic E-state index is -0.333. The third-order valence-corrected chi connectivity index (χ3v) is 3.95. The van der Waals surface area contributed by atoms with Crippen molar-refractivity contribution in [2.24, 2.45) is 0 Å². The summed E-state index contributed by atoms with van der Waals surface area (Å²) in [6, 6.07) is 20.0. The molecule has 1 aromatic heterocycles. The molecule has 1 heterocycles. The van der Waals surface area contributed by atoms with Crippen LogP contribution in [0.3, 0.4) is 0 Å². The molecular weight excluding hydrogens is 368 g/mol. The highest BCUT2D eigenvalue weighted by Crippen LogP contribution is 2.14. The van der Waals surface area contributed by atoms with Gasteiger partial charge in [-0.25, -0.2) is 9.78 Å². The van der Waals surface area contributed by atoms with E-state index in [2.05, 4.69) is 20.9 Å². The Balaban J connectivity index is 1.48. The molecule has 0 atom stereocenters. The maximum Gasteiger partial charge on any atom is 0.319 e. The predicted molar refractivity (Wildman–Crippen MR) is 112 cm³/mol. The molecule has 2 aromatic carbocycles. The van der Waals surface area contributed by atoms with Gasteiger partial charge in [0.1, 0.15) is 6.61 Å². The number of carbonyl (C=O) groups is 2. The van der Waals surface area contributed by atoms with Crippen LogP contribution in [-0.2, 0) is 17.9 Å². The van der Waals surface area contributed by atoms with Crippen LogP contribution in [0.1, 0.15) is 18.1 Å². The second kappa shape index (κ2) is 9.89. The summed E-state index contributed by atoms with van der Waals surface area (Å²) in [6.45, 7) is 2.20. The van der Waals surface area contributed by atoms with Crippen LogP contribution in [0.4, 0.5) is 16.2 Å². The molecular formula is C22H22N4O3. The van der Waals surface area contributed by atoms with E-state index in [1.165, 1.54) is 6.92 Å². The van der Waals surface area contributed by atoms with E-state index in [0.29, 0.717) is 30.4 Å². The van der Waals surface area contributed by atoms with Crippen LogP contribution in [0, 0.1) is 0 Å². The standard InChI is InChI=1S/C22H22N4O3/c1-16(27)25-19-7-9-20(10-8-19)26-22(28)24-14-18-11-12-23-21(13-18)29-15-17-5-3-2-4-6-17/h2-13H,14-15H2,1H3,(H,25,27)(H2,24,26,28). The number of nitrogens with zero attached hydrogens (tertiary/aromatic N) is 1. The van der Waals surface area contributed by atoms with E-state index in [1.54, 1.807) is 36.5 Å². The maximum atomic E-state index is 12.1. The molecule has 0 aliphatic carbocycles. The second-order valence-electron chi connectivity index (χ2n) is 6.34. The van der Waals surface area contributed by atoms with Gasteiger partial charge in [-0.15, -0.1) is 0 Å². The van der Waals surface area contributed by atoms with Gasteiger partial charge in [-0.05, 0) is 41.5 Å². The predicted octanol–water partition coefficient (Wildman–Crippen LogP) is 3.94. The van der Waals surface area contributed by atoms with Crippen LogP contribution in [-0.4, -0.2) is 16.9 Å². The summed E-state index contributed by atoms with van der Waals surface area (Å²) in [5.41, 5.74) is 3.22. The normalized spacial score (nSPS) is 10.1. The summed E-state index contributed by atoms with van der Waals surface area (Å²) in [5.74, 6) is 0.357. The Hall–Kier alpha value is -3.87. The van der Waals surface area contributed by atoms with E-state index in [4.69, 9.17) is 4.74 Å². The minimum absolute atomic E-state index is 0.145.